The summed E-state index contributed by atoms with van der Waals surface area (Å²) in [7, 11) is 0. The molecule has 0 rings (SSSR count). The van der Waals surface area contributed by atoms with Gasteiger partial charge < -0.3 is 11.5 Å². The molecule has 0 spiro atoms. The third kappa shape index (κ3) is 4.24. The number of hydrogen-bond donors (Lipinski definition) is 2. The van der Waals surface area contributed by atoms with E-state index in [-0.39, 0.29) is 16.9 Å². The van der Waals surface area contributed by atoms with Gasteiger partial charge in [0.15, 0.2) is 0 Å². The van der Waals surface area contributed by atoms with Gasteiger partial charge in [0.2, 0.25) is 0 Å². The standard InChI is InChI=1S/C17H36N2/c1-8-16(6,9-2)14(18)12-13(5)15(19)17(7,10-3)11-4/h12-13,15H,8-11,18-19H2,1-7H3/b14-12-. The minimum absolute atomic E-state index is 0.114. The summed E-state index contributed by atoms with van der Waals surface area (Å²) in [6.45, 7) is 15.6. The topological polar surface area (TPSA) is 52.0 Å². The Hall–Kier alpha value is -0.500. The van der Waals surface area contributed by atoms with Crippen molar-refractivity contribution < 1.29 is 0 Å². The van der Waals surface area contributed by atoms with Crippen molar-refractivity contribution in [2.24, 2.45) is 28.2 Å². The number of nitrogens with two attached hydrogens (primary N) is 2. The van der Waals surface area contributed by atoms with Crippen molar-refractivity contribution in [1.82, 2.24) is 0 Å². The lowest BCUT2D eigenvalue weighted by atomic mass is 9.72. The fraction of sp³-hybridized carbons (Fsp3) is 0.882. The molecular weight excluding hydrogens is 232 g/mol. The van der Waals surface area contributed by atoms with E-state index in [0.29, 0.717) is 5.92 Å². The molecule has 0 aliphatic carbocycles. The molecule has 0 bridgehead atoms. The van der Waals surface area contributed by atoms with E-state index in [4.69, 9.17) is 11.5 Å². The lowest BCUT2D eigenvalue weighted by Gasteiger charge is -2.37. The Kier molecular flexibility index (Phi) is 7.13. The van der Waals surface area contributed by atoms with Gasteiger partial charge in [-0.3, -0.25) is 0 Å². The van der Waals surface area contributed by atoms with E-state index < -0.39 is 0 Å². The monoisotopic (exact) mass is 268 g/mol. The zero-order chi connectivity index (χ0) is 15.3. The molecule has 0 aliphatic rings. The van der Waals surface area contributed by atoms with Crippen LogP contribution in [0, 0.1) is 16.7 Å². The lowest BCUT2D eigenvalue weighted by molar-refractivity contribution is 0.199. The molecule has 0 saturated carbocycles. The van der Waals surface area contributed by atoms with Crippen molar-refractivity contribution in [2.75, 3.05) is 0 Å². The molecule has 0 amide bonds. The molecule has 0 heterocycles. The second-order valence-electron chi connectivity index (χ2n) is 6.64. The van der Waals surface area contributed by atoms with Crippen LogP contribution in [0.3, 0.4) is 0 Å². The number of rotatable bonds is 8. The Bertz CT molecular complexity index is 286. The van der Waals surface area contributed by atoms with Crippen LogP contribution >= 0.6 is 0 Å². The fourth-order valence-corrected chi connectivity index (χ4v) is 2.60. The summed E-state index contributed by atoms with van der Waals surface area (Å²) in [6, 6.07) is 0.166. The highest BCUT2D eigenvalue weighted by molar-refractivity contribution is 5.12. The van der Waals surface area contributed by atoms with Gasteiger partial charge in [0.1, 0.15) is 0 Å². The first-order valence-corrected chi connectivity index (χ1v) is 7.94. The number of hydrogen-bond acceptors (Lipinski definition) is 2. The third-order valence-electron chi connectivity index (χ3n) is 5.69. The predicted molar refractivity (Wildman–Crippen MR) is 86.8 cm³/mol. The molecule has 0 radical (unpaired) electrons. The van der Waals surface area contributed by atoms with Crippen molar-refractivity contribution in [1.29, 1.82) is 0 Å². The zero-order valence-corrected chi connectivity index (χ0v) is 14.2. The van der Waals surface area contributed by atoms with Gasteiger partial charge in [-0.1, -0.05) is 54.5 Å². The van der Waals surface area contributed by atoms with E-state index >= 15 is 0 Å². The van der Waals surface area contributed by atoms with Crippen LogP contribution in [0.2, 0.25) is 0 Å². The Morgan fingerprint density at radius 1 is 1.00 bits per heavy atom. The summed E-state index contributed by atoms with van der Waals surface area (Å²) in [5, 5.41) is 0. The molecule has 114 valence electrons. The first-order valence-electron chi connectivity index (χ1n) is 7.94. The first kappa shape index (κ1) is 18.5. The average Bonchev–Trinajstić information content (AvgIpc) is 2.44. The van der Waals surface area contributed by atoms with Crippen molar-refractivity contribution in [3.63, 3.8) is 0 Å². The summed E-state index contributed by atoms with van der Waals surface area (Å²) in [5.41, 5.74) is 14.2. The van der Waals surface area contributed by atoms with E-state index in [9.17, 15) is 0 Å². The summed E-state index contributed by atoms with van der Waals surface area (Å²) < 4.78 is 0. The van der Waals surface area contributed by atoms with Crippen LogP contribution in [-0.2, 0) is 0 Å². The van der Waals surface area contributed by atoms with E-state index in [0.717, 1.165) is 31.4 Å². The molecule has 0 saturated heterocycles. The van der Waals surface area contributed by atoms with Crippen LogP contribution in [-0.4, -0.2) is 6.04 Å². The molecule has 0 aromatic rings. The summed E-state index contributed by atoms with van der Waals surface area (Å²) in [6.07, 6.45) is 6.59. The second-order valence-corrected chi connectivity index (χ2v) is 6.64. The molecule has 0 aromatic heterocycles. The van der Waals surface area contributed by atoms with Crippen molar-refractivity contribution in [2.45, 2.75) is 80.2 Å². The van der Waals surface area contributed by atoms with Crippen LogP contribution < -0.4 is 11.5 Å². The van der Waals surface area contributed by atoms with Crippen molar-refractivity contribution >= 4 is 0 Å². The van der Waals surface area contributed by atoms with E-state index in [1.54, 1.807) is 0 Å². The Morgan fingerprint density at radius 3 is 1.74 bits per heavy atom. The van der Waals surface area contributed by atoms with Gasteiger partial charge in [0.25, 0.3) is 0 Å². The molecule has 2 unspecified atom stereocenters. The van der Waals surface area contributed by atoms with Gasteiger partial charge in [-0.25, -0.2) is 0 Å². The Balaban J connectivity index is 5.08. The second kappa shape index (κ2) is 7.33. The lowest BCUT2D eigenvalue weighted by Crippen LogP contribution is -2.43. The highest BCUT2D eigenvalue weighted by atomic mass is 14.7. The zero-order valence-electron chi connectivity index (χ0n) is 14.2. The summed E-state index contributed by atoms with van der Waals surface area (Å²) >= 11 is 0. The fourth-order valence-electron chi connectivity index (χ4n) is 2.60. The molecule has 0 aromatic carbocycles. The third-order valence-corrected chi connectivity index (χ3v) is 5.69. The van der Waals surface area contributed by atoms with E-state index in [1.807, 2.05) is 0 Å². The van der Waals surface area contributed by atoms with Crippen LogP contribution in [0.4, 0.5) is 0 Å². The van der Waals surface area contributed by atoms with Crippen LogP contribution in [0.15, 0.2) is 11.8 Å². The predicted octanol–water partition coefficient (Wildman–Crippen LogP) is 4.45. The van der Waals surface area contributed by atoms with Gasteiger partial charge in [-0.15, -0.1) is 0 Å². The molecule has 0 aliphatic heterocycles. The maximum Gasteiger partial charge on any atom is 0.0154 e. The minimum atomic E-state index is 0.114. The molecule has 19 heavy (non-hydrogen) atoms. The van der Waals surface area contributed by atoms with Crippen LogP contribution in [0.1, 0.15) is 74.1 Å². The first-order chi connectivity index (χ1) is 8.70. The molecule has 0 fully saturated rings. The summed E-state index contributed by atoms with van der Waals surface area (Å²) in [5.74, 6) is 0.322. The van der Waals surface area contributed by atoms with Gasteiger partial charge in [-0.05, 0) is 37.0 Å². The maximum absolute atomic E-state index is 6.49. The largest absolute Gasteiger partial charge is 0.402 e. The Morgan fingerprint density at radius 2 is 1.42 bits per heavy atom. The average molecular weight is 268 g/mol. The quantitative estimate of drug-likeness (QED) is 0.683. The SMILES string of the molecule is CCC(C)(CC)/C(N)=C/C(C)C(N)C(C)(CC)CC. The maximum atomic E-state index is 6.49. The Labute approximate surface area is 121 Å². The number of allylic oxidation sites excluding steroid dienone is 1. The minimum Gasteiger partial charge on any atom is -0.402 e. The van der Waals surface area contributed by atoms with Crippen molar-refractivity contribution in [3.05, 3.63) is 11.8 Å². The molecule has 2 nitrogen and oxygen atoms in total. The van der Waals surface area contributed by atoms with E-state index in [2.05, 4.69) is 54.5 Å². The highest BCUT2D eigenvalue weighted by Crippen LogP contribution is 2.36. The van der Waals surface area contributed by atoms with Gasteiger partial charge >= 0.3 is 0 Å². The normalized spacial score (nSPS) is 17.4. The smallest absolute Gasteiger partial charge is 0.0154 e. The molecule has 2 heteroatoms. The van der Waals surface area contributed by atoms with Gasteiger partial charge in [0.05, 0.1) is 0 Å². The summed E-state index contributed by atoms with van der Waals surface area (Å²) in [4.78, 5) is 0. The molecule has 2 atom stereocenters. The highest BCUT2D eigenvalue weighted by Gasteiger charge is 2.32. The molecular formula is C17H36N2. The molecule has 4 N–H and O–H groups in total. The van der Waals surface area contributed by atoms with Gasteiger partial charge in [0, 0.05) is 17.2 Å². The van der Waals surface area contributed by atoms with Crippen LogP contribution in [0.25, 0.3) is 0 Å². The van der Waals surface area contributed by atoms with E-state index in [1.165, 1.54) is 0 Å². The van der Waals surface area contributed by atoms with Crippen LogP contribution in [0.5, 0.6) is 0 Å². The van der Waals surface area contributed by atoms with Crippen molar-refractivity contribution in [3.8, 4) is 0 Å². The van der Waals surface area contributed by atoms with Gasteiger partial charge in [-0.2, -0.15) is 0 Å².